The summed E-state index contributed by atoms with van der Waals surface area (Å²) in [4.78, 5) is 0. The molecule has 0 fully saturated rings. The molecule has 0 amide bonds. The molecule has 4 heteroatoms. The molecule has 0 aliphatic carbocycles. The van der Waals surface area contributed by atoms with Crippen molar-refractivity contribution in [1.29, 1.82) is 0 Å². The lowest BCUT2D eigenvalue weighted by molar-refractivity contribution is 0.146. The maximum absolute atomic E-state index is 13.7. The van der Waals surface area contributed by atoms with Crippen LogP contribution in [0.5, 0.6) is 5.75 Å². The molecule has 0 saturated heterocycles. The van der Waals surface area contributed by atoms with Crippen molar-refractivity contribution in [3.8, 4) is 16.9 Å². The van der Waals surface area contributed by atoms with Crippen LogP contribution in [-0.2, 0) is 11.3 Å². The van der Waals surface area contributed by atoms with Crippen molar-refractivity contribution in [2.24, 2.45) is 0 Å². The Bertz CT molecular complexity index is 587. The maximum atomic E-state index is 13.7. The molecule has 0 aliphatic rings. The van der Waals surface area contributed by atoms with Gasteiger partial charge in [-0.3, -0.25) is 0 Å². The molecular formula is C17H20FNO2. The van der Waals surface area contributed by atoms with Crippen LogP contribution in [0.3, 0.4) is 0 Å². The van der Waals surface area contributed by atoms with Crippen molar-refractivity contribution in [2.45, 2.75) is 6.54 Å². The second-order valence-corrected chi connectivity index (χ2v) is 4.67. The summed E-state index contributed by atoms with van der Waals surface area (Å²) >= 11 is 0. The smallest absolute Gasteiger partial charge is 0.127 e. The predicted molar refractivity (Wildman–Crippen MR) is 82.0 cm³/mol. The van der Waals surface area contributed by atoms with Crippen LogP contribution in [0, 0.1) is 5.82 Å². The lowest BCUT2D eigenvalue weighted by Gasteiger charge is -2.12. The van der Waals surface area contributed by atoms with E-state index in [1.807, 2.05) is 30.3 Å². The molecule has 0 aliphatic heterocycles. The average molecular weight is 289 g/mol. The van der Waals surface area contributed by atoms with Crippen LogP contribution in [0.25, 0.3) is 11.1 Å². The van der Waals surface area contributed by atoms with E-state index in [1.54, 1.807) is 20.2 Å². The number of methoxy groups -OCH3 is 1. The van der Waals surface area contributed by atoms with E-state index in [4.69, 9.17) is 9.47 Å². The van der Waals surface area contributed by atoms with Gasteiger partial charge in [0.25, 0.3) is 0 Å². The second-order valence-electron chi connectivity index (χ2n) is 4.67. The molecule has 0 bridgehead atoms. The predicted octanol–water partition coefficient (Wildman–Crippen LogP) is 3.24. The molecule has 0 spiro atoms. The molecule has 3 nitrogen and oxygen atoms in total. The first-order valence-electron chi connectivity index (χ1n) is 6.90. The highest BCUT2D eigenvalue weighted by Gasteiger charge is 2.09. The minimum atomic E-state index is -0.203. The number of benzene rings is 2. The minimum absolute atomic E-state index is 0.203. The molecule has 0 unspecified atom stereocenters. The second kappa shape index (κ2) is 7.76. The SMILES string of the molecule is CNCc1cc(-c2ccccc2OCCOC)ccc1F. The third kappa shape index (κ3) is 4.03. The van der Waals surface area contributed by atoms with E-state index < -0.39 is 0 Å². The van der Waals surface area contributed by atoms with E-state index in [1.165, 1.54) is 6.07 Å². The molecule has 2 aromatic carbocycles. The molecule has 0 radical (unpaired) electrons. The van der Waals surface area contributed by atoms with Crippen molar-refractivity contribution in [3.63, 3.8) is 0 Å². The van der Waals surface area contributed by atoms with E-state index in [9.17, 15) is 4.39 Å². The summed E-state index contributed by atoms with van der Waals surface area (Å²) in [5.74, 6) is 0.572. The van der Waals surface area contributed by atoms with Gasteiger partial charge in [0.05, 0.1) is 6.61 Å². The van der Waals surface area contributed by atoms with Crippen LogP contribution in [0.15, 0.2) is 42.5 Å². The van der Waals surface area contributed by atoms with E-state index in [0.717, 1.165) is 16.9 Å². The third-order valence-electron chi connectivity index (χ3n) is 3.16. The highest BCUT2D eigenvalue weighted by atomic mass is 19.1. The molecule has 0 atom stereocenters. The van der Waals surface area contributed by atoms with E-state index in [0.29, 0.717) is 25.3 Å². The lowest BCUT2D eigenvalue weighted by atomic mass is 10.0. The lowest BCUT2D eigenvalue weighted by Crippen LogP contribution is -2.07. The van der Waals surface area contributed by atoms with E-state index >= 15 is 0 Å². The van der Waals surface area contributed by atoms with Crippen molar-refractivity contribution in [3.05, 3.63) is 53.8 Å². The van der Waals surface area contributed by atoms with Crippen LogP contribution >= 0.6 is 0 Å². The van der Waals surface area contributed by atoms with Gasteiger partial charge in [0.15, 0.2) is 0 Å². The van der Waals surface area contributed by atoms with Crippen LogP contribution in [-0.4, -0.2) is 27.4 Å². The highest BCUT2D eigenvalue weighted by molar-refractivity contribution is 5.71. The fourth-order valence-corrected chi connectivity index (χ4v) is 2.13. The van der Waals surface area contributed by atoms with Gasteiger partial charge in [0.2, 0.25) is 0 Å². The Morgan fingerprint density at radius 3 is 2.67 bits per heavy atom. The molecule has 0 saturated carbocycles. The number of nitrogens with one attached hydrogen (secondary N) is 1. The number of rotatable bonds is 7. The summed E-state index contributed by atoms with van der Waals surface area (Å²) in [6.45, 7) is 1.51. The third-order valence-corrected chi connectivity index (χ3v) is 3.16. The Morgan fingerprint density at radius 2 is 1.90 bits per heavy atom. The van der Waals surface area contributed by atoms with Gasteiger partial charge in [-0.25, -0.2) is 4.39 Å². The summed E-state index contributed by atoms with van der Waals surface area (Å²) in [5, 5.41) is 2.97. The molecule has 0 heterocycles. The summed E-state index contributed by atoms with van der Waals surface area (Å²) in [7, 11) is 3.44. The topological polar surface area (TPSA) is 30.5 Å². The zero-order valence-electron chi connectivity index (χ0n) is 12.4. The molecule has 112 valence electrons. The number of hydrogen-bond donors (Lipinski definition) is 1. The van der Waals surface area contributed by atoms with Gasteiger partial charge in [-0.15, -0.1) is 0 Å². The molecule has 0 aromatic heterocycles. The van der Waals surface area contributed by atoms with Crippen LogP contribution < -0.4 is 10.1 Å². The van der Waals surface area contributed by atoms with Gasteiger partial charge >= 0.3 is 0 Å². The fraction of sp³-hybridized carbons (Fsp3) is 0.294. The largest absolute Gasteiger partial charge is 0.491 e. The van der Waals surface area contributed by atoms with Crippen molar-refractivity contribution in [1.82, 2.24) is 5.32 Å². The molecular weight excluding hydrogens is 269 g/mol. The van der Waals surface area contributed by atoms with Gasteiger partial charge in [-0.1, -0.05) is 24.3 Å². The first-order chi connectivity index (χ1) is 10.3. The van der Waals surface area contributed by atoms with Gasteiger partial charge in [-0.2, -0.15) is 0 Å². The van der Waals surface area contributed by atoms with Crippen molar-refractivity contribution >= 4 is 0 Å². The minimum Gasteiger partial charge on any atom is -0.491 e. The highest BCUT2D eigenvalue weighted by Crippen LogP contribution is 2.31. The summed E-state index contributed by atoms with van der Waals surface area (Å²) in [6, 6.07) is 12.9. The number of para-hydroxylation sites is 1. The number of hydrogen-bond acceptors (Lipinski definition) is 3. The standard InChI is InChI=1S/C17H20FNO2/c1-19-12-14-11-13(7-8-16(14)18)15-5-3-4-6-17(15)21-10-9-20-2/h3-8,11,19H,9-10,12H2,1-2H3. The maximum Gasteiger partial charge on any atom is 0.127 e. The molecule has 2 rings (SSSR count). The van der Waals surface area contributed by atoms with Gasteiger partial charge in [-0.05, 0) is 30.8 Å². The van der Waals surface area contributed by atoms with Crippen LogP contribution in [0.4, 0.5) is 4.39 Å². The van der Waals surface area contributed by atoms with Crippen LogP contribution in [0.1, 0.15) is 5.56 Å². The Hall–Kier alpha value is -1.91. The van der Waals surface area contributed by atoms with Gasteiger partial charge < -0.3 is 14.8 Å². The monoisotopic (exact) mass is 289 g/mol. The zero-order valence-corrected chi connectivity index (χ0v) is 12.4. The molecule has 21 heavy (non-hydrogen) atoms. The molecule has 2 aromatic rings. The van der Waals surface area contributed by atoms with Crippen molar-refractivity contribution < 1.29 is 13.9 Å². The first-order valence-corrected chi connectivity index (χ1v) is 6.90. The number of halogens is 1. The average Bonchev–Trinajstić information content (AvgIpc) is 2.51. The van der Waals surface area contributed by atoms with Crippen LogP contribution in [0.2, 0.25) is 0 Å². The Kier molecular flexibility index (Phi) is 5.72. The summed E-state index contributed by atoms with van der Waals surface area (Å²) in [5.41, 5.74) is 2.53. The normalized spacial score (nSPS) is 10.6. The van der Waals surface area contributed by atoms with E-state index in [2.05, 4.69) is 5.32 Å². The Balaban J connectivity index is 2.30. The van der Waals surface area contributed by atoms with Gasteiger partial charge in [0.1, 0.15) is 18.2 Å². The Morgan fingerprint density at radius 1 is 1.10 bits per heavy atom. The molecule has 1 N–H and O–H groups in total. The fourth-order valence-electron chi connectivity index (χ4n) is 2.13. The summed E-state index contributed by atoms with van der Waals surface area (Å²) < 4.78 is 24.5. The quantitative estimate of drug-likeness (QED) is 0.794. The zero-order chi connectivity index (χ0) is 15.1. The summed E-state index contributed by atoms with van der Waals surface area (Å²) in [6.07, 6.45) is 0. The Labute approximate surface area is 124 Å². The first kappa shape index (κ1) is 15.5. The number of ether oxygens (including phenoxy) is 2. The van der Waals surface area contributed by atoms with Gasteiger partial charge in [0, 0.05) is 24.8 Å². The van der Waals surface area contributed by atoms with Crippen molar-refractivity contribution in [2.75, 3.05) is 27.4 Å². The van der Waals surface area contributed by atoms with E-state index in [-0.39, 0.29) is 5.82 Å².